The zero-order valence-electron chi connectivity index (χ0n) is 19.6. The molecule has 35 heavy (non-hydrogen) atoms. The Kier molecular flexibility index (Phi) is 9.03. The average molecular weight is 510 g/mol. The topological polar surface area (TPSA) is 32.7 Å². The van der Waals surface area contributed by atoms with Gasteiger partial charge in [-0.3, -0.25) is 0 Å². The first-order chi connectivity index (χ1) is 16.6. The molecule has 0 saturated heterocycles. The van der Waals surface area contributed by atoms with Crippen molar-refractivity contribution in [1.82, 2.24) is 0 Å². The van der Waals surface area contributed by atoms with Gasteiger partial charge in [0.2, 0.25) is 0 Å². The molecule has 0 bridgehead atoms. The van der Waals surface area contributed by atoms with E-state index in [9.17, 15) is 22.7 Å². The van der Waals surface area contributed by atoms with Crippen LogP contribution in [0.2, 0.25) is 5.02 Å². The Hall–Kier alpha value is -2.77. The van der Waals surface area contributed by atoms with Crippen molar-refractivity contribution in [2.24, 2.45) is 0 Å². The van der Waals surface area contributed by atoms with E-state index in [4.69, 9.17) is 16.3 Å². The second-order valence-electron chi connectivity index (χ2n) is 8.33. The summed E-state index contributed by atoms with van der Waals surface area (Å²) in [5.74, 6) is 0.338. The quantitative estimate of drug-likeness (QED) is 0.281. The van der Waals surface area contributed by atoms with E-state index in [1.54, 1.807) is 41.3 Å². The summed E-state index contributed by atoms with van der Waals surface area (Å²) >= 11 is 6.18. The molecule has 3 nitrogen and oxygen atoms in total. The minimum absolute atomic E-state index is 0.111. The number of ether oxygens (including phenoxy) is 1. The third-order valence-electron chi connectivity index (χ3n) is 5.60. The van der Waals surface area contributed by atoms with Crippen LogP contribution < -0.4 is 9.64 Å². The molecule has 188 valence electrons. The average Bonchev–Trinajstić information content (AvgIpc) is 2.81. The Morgan fingerprint density at radius 3 is 2.40 bits per heavy atom. The maximum absolute atomic E-state index is 14.5. The minimum atomic E-state index is -4.58. The van der Waals surface area contributed by atoms with Gasteiger partial charge in [0.05, 0.1) is 11.7 Å². The zero-order chi connectivity index (χ0) is 25.6. The van der Waals surface area contributed by atoms with Gasteiger partial charge >= 0.3 is 6.18 Å². The summed E-state index contributed by atoms with van der Waals surface area (Å²) in [6.07, 6.45) is -3.35. The number of aliphatic hydroxyl groups excluding tert-OH is 1. The number of halogens is 5. The van der Waals surface area contributed by atoms with Gasteiger partial charge in [0, 0.05) is 35.4 Å². The van der Waals surface area contributed by atoms with Gasteiger partial charge in [-0.2, -0.15) is 13.2 Å². The van der Waals surface area contributed by atoms with Gasteiger partial charge in [-0.15, -0.1) is 0 Å². The van der Waals surface area contributed by atoms with Crippen LogP contribution in [0.15, 0.2) is 60.7 Å². The Labute approximate surface area is 207 Å². The molecule has 0 amide bonds. The lowest BCUT2D eigenvalue weighted by Crippen LogP contribution is -2.32. The molecule has 0 aromatic heterocycles. The van der Waals surface area contributed by atoms with E-state index in [1.807, 2.05) is 19.9 Å². The van der Waals surface area contributed by atoms with E-state index < -0.39 is 23.7 Å². The summed E-state index contributed by atoms with van der Waals surface area (Å²) < 4.78 is 60.1. The number of hydrogen-bond acceptors (Lipinski definition) is 3. The largest absolute Gasteiger partial charge is 0.457 e. The van der Waals surface area contributed by atoms with Crippen molar-refractivity contribution in [3.8, 4) is 11.5 Å². The standard InChI is InChI=1S/C27H28ClF4NO2/c1-3-6-22(34)17-33(16-19-13-20(27(30,31)32)9-12-26(19)29)21-7-5-8-23(15-21)35-24-10-11-25(28)18(4-2)14-24/h5,7-15,22,34H,3-4,6,16-17H2,1-2H3. The molecular formula is C27H28ClF4NO2. The lowest BCUT2D eigenvalue weighted by atomic mass is 10.1. The molecule has 8 heteroatoms. The van der Waals surface area contributed by atoms with Crippen LogP contribution in [-0.2, 0) is 19.1 Å². The molecule has 0 saturated carbocycles. The maximum Gasteiger partial charge on any atom is 0.416 e. The molecule has 1 N–H and O–H groups in total. The second kappa shape index (κ2) is 11.8. The van der Waals surface area contributed by atoms with Crippen molar-refractivity contribution in [3.63, 3.8) is 0 Å². The molecule has 0 heterocycles. The van der Waals surface area contributed by atoms with Crippen LogP contribution in [-0.4, -0.2) is 17.8 Å². The number of anilines is 1. The summed E-state index contributed by atoms with van der Waals surface area (Å²) in [4.78, 5) is 1.66. The lowest BCUT2D eigenvalue weighted by molar-refractivity contribution is -0.137. The van der Waals surface area contributed by atoms with Crippen LogP contribution in [0, 0.1) is 5.82 Å². The maximum atomic E-state index is 14.5. The van der Waals surface area contributed by atoms with Crippen LogP contribution in [0.1, 0.15) is 43.4 Å². The van der Waals surface area contributed by atoms with Gasteiger partial charge in [-0.1, -0.05) is 37.9 Å². The van der Waals surface area contributed by atoms with Crippen LogP contribution >= 0.6 is 11.6 Å². The molecule has 1 atom stereocenters. The van der Waals surface area contributed by atoms with E-state index in [-0.39, 0.29) is 18.7 Å². The monoisotopic (exact) mass is 509 g/mol. The smallest absolute Gasteiger partial charge is 0.416 e. The molecule has 0 aliphatic rings. The van der Waals surface area contributed by atoms with Crippen molar-refractivity contribution in [3.05, 3.63) is 88.2 Å². The molecule has 0 spiro atoms. The van der Waals surface area contributed by atoms with Crippen LogP contribution in [0.25, 0.3) is 0 Å². The van der Waals surface area contributed by atoms with Crippen molar-refractivity contribution < 1.29 is 27.4 Å². The van der Waals surface area contributed by atoms with Crippen LogP contribution in [0.4, 0.5) is 23.2 Å². The third kappa shape index (κ3) is 7.36. The predicted molar refractivity (Wildman–Crippen MR) is 131 cm³/mol. The molecule has 3 aromatic carbocycles. The molecule has 1 unspecified atom stereocenters. The highest BCUT2D eigenvalue weighted by Gasteiger charge is 2.31. The van der Waals surface area contributed by atoms with Gasteiger partial charge in [0.15, 0.2) is 0 Å². The van der Waals surface area contributed by atoms with Crippen molar-refractivity contribution in [2.75, 3.05) is 11.4 Å². The number of aliphatic hydroxyl groups is 1. The van der Waals surface area contributed by atoms with Crippen molar-refractivity contribution in [2.45, 2.75) is 51.9 Å². The van der Waals surface area contributed by atoms with E-state index >= 15 is 0 Å². The molecule has 0 radical (unpaired) electrons. The van der Waals surface area contributed by atoms with E-state index in [0.717, 1.165) is 36.6 Å². The highest BCUT2D eigenvalue weighted by molar-refractivity contribution is 6.31. The van der Waals surface area contributed by atoms with Crippen molar-refractivity contribution in [1.29, 1.82) is 0 Å². The Balaban J connectivity index is 1.92. The predicted octanol–water partition coefficient (Wildman–Crippen LogP) is 8.02. The third-order valence-corrected chi connectivity index (χ3v) is 5.97. The molecule has 0 aliphatic carbocycles. The molecular weight excluding hydrogens is 482 g/mol. The Bertz CT molecular complexity index is 1140. The van der Waals surface area contributed by atoms with E-state index in [1.165, 1.54) is 0 Å². The first kappa shape index (κ1) is 26.8. The number of aryl methyl sites for hydroxylation is 1. The number of benzene rings is 3. The van der Waals surface area contributed by atoms with Crippen molar-refractivity contribution >= 4 is 17.3 Å². The lowest BCUT2D eigenvalue weighted by Gasteiger charge is -2.28. The van der Waals surface area contributed by atoms with Gasteiger partial charge in [0.1, 0.15) is 17.3 Å². The molecule has 3 aromatic rings. The SMILES string of the molecule is CCCC(O)CN(Cc1cc(C(F)(F)F)ccc1F)c1cccc(Oc2ccc(Cl)c(CC)c2)c1. The Morgan fingerprint density at radius 1 is 0.971 bits per heavy atom. The highest BCUT2D eigenvalue weighted by Crippen LogP contribution is 2.33. The van der Waals surface area contributed by atoms with Gasteiger partial charge in [-0.05, 0) is 66.9 Å². The number of rotatable bonds is 10. The van der Waals surface area contributed by atoms with Crippen LogP contribution in [0.5, 0.6) is 11.5 Å². The summed E-state index contributed by atoms with van der Waals surface area (Å²) in [5.41, 5.74) is 0.485. The summed E-state index contributed by atoms with van der Waals surface area (Å²) in [6, 6.07) is 14.6. The Morgan fingerprint density at radius 2 is 1.71 bits per heavy atom. The van der Waals surface area contributed by atoms with Gasteiger partial charge < -0.3 is 14.7 Å². The summed E-state index contributed by atoms with van der Waals surface area (Å²) in [7, 11) is 0. The highest BCUT2D eigenvalue weighted by atomic mass is 35.5. The first-order valence-corrected chi connectivity index (χ1v) is 11.8. The molecule has 0 fully saturated rings. The van der Waals surface area contributed by atoms with Gasteiger partial charge in [0.25, 0.3) is 0 Å². The van der Waals surface area contributed by atoms with E-state index in [0.29, 0.717) is 28.6 Å². The van der Waals surface area contributed by atoms with Gasteiger partial charge in [-0.25, -0.2) is 4.39 Å². The molecule has 0 aliphatic heterocycles. The zero-order valence-corrected chi connectivity index (χ0v) is 20.3. The second-order valence-corrected chi connectivity index (χ2v) is 8.74. The first-order valence-electron chi connectivity index (χ1n) is 11.5. The fourth-order valence-electron chi connectivity index (χ4n) is 3.78. The van der Waals surface area contributed by atoms with Crippen LogP contribution in [0.3, 0.4) is 0 Å². The normalized spacial score (nSPS) is 12.5. The number of hydrogen-bond donors (Lipinski definition) is 1. The summed E-state index contributed by atoms with van der Waals surface area (Å²) in [5, 5.41) is 11.1. The van der Waals surface area contributed by atoms with E-state index in [2.05, 4.69) is 0 Å². The fourth-order valence-corrected chi connectivity index (χ4v) is 4.03. The summed E-state index contributed by atoms with van der Waals surface area (Å²) in [6.45, 7) is 3.87. The number of alkyl halides is 3. The fraction of sp³-hybridized carbons (Fsp3) is 0.333. The number of nitrogens with zero attached hydrogens (tertiary/aromatic N) is 1. The minimum Gasteiger partial charge on any atom is -0.457 e. The molecule has 3 rings (SSSR count).